The Labute approximate surface area is 176 Å². The van der Waals surface area contributed by atoms with Gasteiger partial charge < -0.3 is 5.32 Å². The first-order chi connectivity index (χ1) is 14.6. The highest BCUT2D eigenvalue weighted by Crippen LogP contribution is 2.42. The summed E-state index contributed by atoms with van der Waals surface area (Å²) < 4.78 is 27.5. The monoisotopic (exact) mass is 420 g/mol. The molecule has 6 heteroatoms. The fourth-order valence-corrected chi connectivity index (χ4v) is 6.50. The maximum Gasteiger partial charge on any atom is 0.265 e. The minimum absolute atomic E-state index is 0.0241. The van der Waals surface area contributed by atoms with Crippen LogP contribution >= 0.6 is 0 Å². The molecule has 0 saturated heterocycles. The number of benzene rings is 3. The molecule has 0 saturated carbocycles. The molecule has 1 atom stereocenters. The minimum Gasteiger partial charge on any atom is -0.349 e. The van der Waals surface area contributed by atoms with Crippen LogP contribution in [0.15, 0.2) is 65.6 Å². The zero-order valence-electron chi connectivity index (χ0n) is 16.7. The van der Waals surface area contributed by atoms with Crippen LogP contribution in [0.1, 0.15) is 42.9 Å². The van der Waals surface area contributed by atoms with Gasteiger partial charge in [0.25, 0.3) is 10.0 Å². The lowest BCUT2D eigenvalue weighted by Gasteiger charge is -2.26. The Bertz CT molecular complexity index is 1230. The molecule has 0 unspecified atom stereocenters. The number of rotatable bonds is 5. The van der Waals surface area contributed by atoms with E-state index in [-0.39, 0.29) is 11.9 Å². The highest BCUT2D eigenvalue weighted by atomic mass is 32.2. The largest absolute Gasteiger partial charge is 0.349 e. The third-order valence-electron chi connectivity index (χ3n) is 6.15. The van der Waals surface area contributed by atoms with Crippen LogP contribution in [-0.2, 0) is 21.2 Å². The molecule has 0 aromatic heterocycles. The molecule has 0 bridgehead atoms. The molecule has 1 aliphatic carbocycles. The Kier molecular flexibility index (Phi) is 4.74. The van der Waals surface area contributed by atoms with Gasteiger partial charge >= 0.3 is 0 Å². The summed E-state index contributed by atoms with van der Waals surface area (Å²) in [6.07, 6.45) is 3.85. The van der Waals surface area contributed by atoms with Crippen molar-refractivity contribution in [2.45, 2.75) is 43.0 Å². The summed E-state index contributed by atoms with van der Waals surface area (Å²) in [7, 11) is -3.56. The third kappa shape index (κ3) is 3.16. The summed E-state index contributed by atoms with van der Waals surface area (Å²) in [4.78, 5) is 12.9. The molecule has 154 valence electrons. The maximum absolute atomic E-state index is 13.0. The van der Waals surface area contributed by atoms with Gasteiger partial charge in [0, 0.05) is 18.4 Å². The van der Waals surface area contributed by atoms with Crippen molar-refractivity contribution in [1.29, 1.82) is 0 Å². The zero-order valence-corrected chi connectivity index (χ0v) is 17.5. The van der Waals surface area contributed by atoms with Crippen molar-refractivity contribution < 1.29 is 13.2 Å². The van der Waals surface area contributed by atoms with Crippen LogP contribution < -0.4 is 9.62 Å². The van der Waals surface area contributed by atoms with Crippen molar-refractivity contribution in [3.05, 3.63) is 71.8 Å². The Hall–Kier alpha value is -2.86. The van der Waals surface area contributed by atoms with Gasteiger partial charge in [-0.1, -0.05) is 48.5 Å². The van der Waals surface area contributed by atoms with Crippen molar-refractivity contribution in [1.82, 2.24) is 5.32 Å². The Morgan fingerprint density at radius 3 is 2.70 bits per heavy atom. The SMILES string of the molecule is O=C(CCCN1c2cccc3cccc(c23)S1(=O)=O)N[C@@H]1CCCc2ccccc21. The molecule has 5 rings (SSSR count). The molecule has 1 aliphatic heterocycles. The quantitative estimate of drug-likeness (QED) is 0.668. The summed E-state index contributed by atoms with van der Waals surface area (Å²) >= 11 is 0. The lowest BCUT2D eigenvalue weighted by molar-refractivity contribution is -0.122. The third-order valence-corrected chi connectivity index (χ3v) is 8.01. The number of aryl methyl sites for hydroxylation is 1. The number of carbonyl (C=O) groups excluding carboxylic acids is 1. The molecule has 5 nitrogen and oxygen atoms in total. The second kappa shape index (κ2) is 7.43. The van der Waals surface area contributed by atoms with E-state index in [4.69, 9.17) is 0 Å². The van der Waals surface area contributed by atoms with E-state index in [0.29, 0.717) is 30.0 Å². The molecule has 0 radical (unpaired) electrons. The molecule has 1 heterocycles. The summed E-state index contributed by atoms with van der Waals surface area (Å²) in [6, 6.07) is 19.3. The van der Waals surface area contributed by atoms with Crippen LogP contribution in [0.4, 0.5) is 5.69 Å². The van der Waals surface area contributed by atoms with Gasteiger partial charge in [0.15, 0.2) is 0 Å². The average Bonchev–Trinajstić information content (AvgIpc) is 2.97. The molecule has 0 spiro atoms. The van der Waals surface area contributed by atoms with Crippen molar-refractivity contribution in [3.8, 4) is 0 Å². The second-order valence-electron chi connectivity index (χ2n) is 8.02. The van der Waals surface area contributed by atoms with E-state index in [1.165, 1.54) is 15.4 Å². The number of amides is 1. The van der Waals surface area contributed by atoms with Crippen LogP contribution in [0.3, 0.4) is 0 Å². The van der Waals surface area contributed by atoms with Gasteiger partial charge in [-0.05, 0) is 54.3 Å². The molecular formula is C24H24N2O3S. The van der Waals surface area contributed by atoms with Gasteiger partial charge in [0.05, 0.1) is 16.6 Å². The number of sulfonamides is 1. The smallest absolute Gasteiger partial charge is 0.265 e. The molecule has 3 aromatic carbocycles. The predicted molar refractivity (Wildman–Crippen MR) is 118 cm³/mol. The van der Waals surface area contributed by atoms with E-state index < -0.39 is 10.0 Å². The van der Waals surface area contributed by atoms with E-state index >= 15 is 0 Å². The Morgan fingerprint density at radius 1 is 1.03 bits per heavy atom. The molecular weight excluding hydrogens is 396 g/mol. The van der Waals surface area contributed by atoms with Crippen LogP contribution in [-0.4, -0.2) is 20.9 Å². The average molecular weight is 421 g/mol. The van der Waals surface area contributed by atoms with Crippen LogP contribution in [0.2, 0.25) is 0 Å². The standard InChI is InChI=1S/C24H24N2O3S/c27-23(25-20-12-3-8-17-7-1-2-11-19(17)20)15-6-16-26-21-13-4-9-18-10-5-14-22(24(18)21)30(26,28)29/h1-2,4-5,7,9-11,13-14,20H,3,6,8,12,15-16H2,(H,25,27)/t20-/m1/s1. The summed E-state index contributed by atoms with van der Waals surface area (Å²) in [5.41, 5.74) is 3.23. The molecule has 1 amide bonds. The zero-order chi connectivity index (χ0) is 20.7. The molecule has 0 fully saturated rings. The Morgan fingerprint density at radius 2 is 1.83 bits per heavy atom. The van der Waals surface area contributed by atoms with Gasteiger partial charge in [0.1, 0.15) is 0 Å². The fourth-order valence-electron chi connectivity index (χ4n) is 4.75. The van der Waals surface area contributed by atoms with E-state index in [1.54, 1.807) is 12.1 Å². The topological polar surface area (TPSA) is 66.5 Å². The number of nitrogens with zero attached hydrogens (tertiary/aromatic N) is 1. The molecule has 2 aliphatic rings. The number of carbonyl (C=O) groups is 1. The summed E-state index contributed by atoms with van der Waals surface area (Å²) in [6.45, 7) is 0.296. The van der Waals surface area contributed by atoms with E-state index in [2.05, 4.69) is 17.4 Å². The van der Waals surface area contributed by atoms with Gasteiger partial charge in [0.2, 0.25) is 5.91 Å². The van der Waals surface area contributed by atoms with Crippen molar-refractivity contribution in [3.63, 3.8) is 0 Å². The van der Waals surface area contributed by atoms with E-state index in [1.807, 2.05) is 36.4 Å². The number of nitrogens with one attached hydrogen (secondary N) is 1. The van der Waals surface area contributed by atoms with Crippen molar-refractivity contribution >= 4 is 32.4 Å². The van der Waals surface area contributed by atoms with Gasteiger partial charge in [-0.3, -0.25) is 9.10 Å². The highest BCUT2D eigenvalue weighted by molar-refractivity contribution is 7.93. The van der Waals surface area contributed by atoms with E-state index in [0.717, 1.165) is 30.0 Å². The first-order valence-corrected chi connectivity index (χ1v) is 11.9. The first kappa shape index (κ1) is 19.1. The first-order valence-electron chi connectivity index (χ1n) is 10.5. The van der Waals surface area contributed by atoms with Gasteiger partial charge in [-0.15, -0.1) is 0 Å². The number of hydrogen-bond donors (Lipinski definition) is 1. The van der Waals surface area contributed by atoms with Crippen LogP contribution in [0.5, 0.6) is 0 Å². The van der Waals surface area contributed by atoms with E-state index in [9.17, 15) is 13.2 Å². The fraction of sp³-hybridized carbons (Fsp3) is 0.292. The minimum atomic E-state index is -3.56. The van der Waals surface area contributed by atoms with Gasteiger partial charge in [-0.2, -0.15) is 0 Å². The Balaban J connectivity index is 1.26. The summed E-state index contributed by atoms with van der Waals surface area (Å²) in [5.74, 6) is -0.0241. The molecule has 30 heavy (non-hydrogen) atoms. The highest BCUT2D eigenvalue weighted by Gasteiger charge is 2.35. The van der Waals surface area contributed by atoms with Crippen LogP contribution in [0.25, 0.3) is 10.8 Å². The number of hydrogen-bond acceptors (Lipinski definition) is 3. The normalized spacial score (nSPS) is 18.9. The lowest BCUT2D eigenvalue weighted by atomic mass is 9.87. The predicted octanol–water partition coefficient (Wildman–Crippen LogP) is 4.32. The maximum atomic E-state index is 13.0. The molecule has 3 aromatic rings. The summed E-state index contributed by atoms with van der Waals surface area (Å²) in [5, 5.41) is 4.85. The molecule has 1 N–H and O–H groups in total. The lowest BCUT2D eigenvalue weighted by Crippen LogP contribution is -2.32. The number of anilines is 1. The van der Waals surface area contributed by atoms with Crippen LogP contribution in [0, 0.1) is 0 Å². The second-order valence-corrected chi connectivity index (χ2v) is 9.85. The van der Waals surface area contributed by atoms with Crippen molar-refractivity contribution in [2.24, 2.45) is 0 Å². The number of fused-ring (bicyclic) bond motifs is 1. The van der Waals surface area contributed by atoms with Gasteiger partial charge in [-0.25, -0.2) is 8.42 Å². The van der Waals surface area contributed by atoms with Crippen molar-refractivity contribution in [2.75, 3.05) is 10.8 Å².